The Labute approximate surface area is 88.4 Å². The largest absolute Gasteiger partial charge is 0.380 e. The van der Waals surface area contributed by atoms with E-state index in [4.69, 9.17) is 4.74 Å². The van der Waals surface area contributed by atoms with Gasteiger partial charge < -0.3 is 10.1 Å². The summed E-state index contributed by atoms with van der Waals surface area (Å²) in [4.78, 5) is 11.4. The maximum Gasteiger partial charge on any atom is 0.236 e. The molecule has 0 aliphatic heterocycles. The normalized spacial score (nSPS) is 13.9. The van der Waals surface area contributed by atoms with Crippen molar-refractivity contribution in [3.8, 4) is 0 Å². The third-order valence-electron chi connectivity index (χ3n) is 1.49. The van der Waals surface area contributed by atoms with E-state index in [2.05, 4.69) is 21.2 Å². The molecule has 0 saturated heterocycles. The Morgan fingerprint density at radius 3 is 2.54 bits per heavy atom. The van der Waals surface area contributed by atoms with Crippen LogP contribution in [0.5, 0.6) is 0 Å². The smallest absolute Gasteiger partial charge is 0.236 e. The molecule has 1 N–H and O–H groups in total. The molecular weight excluding hydrogens is 234 g/mol. The summed E-state index contributed by atoms with van der Waals surface area (Å²) in [7, 11) is 0. The highest BCUT2D eigenvalue weighted by atomic mass is 79.9. The Bertz CT molecular complexity index is 165. The molecule has 0 radical (unpaired) electrons. The van der Waals surface area contributed by atoms with Gasteiger partial charge in [0.25, 0.3) is 0 Å². The minimum Gasteiger partial charge on any atom is -0.380 e. The molecular formula is C9H18BrNO2. The van der Waals surface area contributed by atoms with Gasteiger partial charge in [0.05, 0.1) is 10.9 Å². The molecule has 0 heterocycles. The maximum absolute atomic E-state index is 11.4. The summed E-state index contributed by atoms with van der Waals surface area (Å²) < 4.78 is 4.67. The molecule has 1 amide bonds. The molecule has 0 aromatic carbocycles. The van der Waals surface area contributed by atoms with E-state index in [0.29, 0.717) is 13.2 Å². The third kappa shape index (κ3) is 6.05. The Morgan fingerprint density at radius 2 is 2.15 bits per heavy atom. The van der Waals surface area contributed by atoms with Crippen molar-refractivity contribution < 1.29 is 9.53 Å². The first-order valence-corrected chi connectivity index (χ1v) is 5.24. The molecule has 0 saturated carbocycles. The van der Waals surface area contributed by atoms with Crippen LogP contribution in [0.2, 0.25) is 0 Å². The Balaban J connectivity index is 3.79. The molecule has 0 fully saturated rings. The van der Waals surface area contributed by atoms with E-state index in [1.54, 1.807) is 0 Å². The van der Waals surface area contributed by atoms with Crippen molar-refractivity contribution in [2.75, 3.05) is 13.2 Å². The fraction of sp³-hybridized carbons (Fsp3) is 0.889. The van der Waals surface area contributed by atoms with Gasteiger partial charge in [-0.15, -0.1) is 0 Å². The van der Waals surface area contributed by atoms with Crippen molar-refractivity contribution in [3.63, 3.8) is 0 Å². The summed E-state index contributed by atoms with van der Waals surface area (Å²) in [6.45, 7) is 8.73. The van der Waals surface area contributed by atoms with Gasteiger partial charge in [0.15, 0.2) is 0 Å². The lowest BCUT2D eigenvalue weighted by Gasteiger charge is -2.20. The predicted octanol–water partition coefficient (Wildman–Crippen LogP) is 1.70. The minimum atomic E-state index is -0.506. The fourth-order valence-electron chi connectivity index (χ4n) is 0.732. The topological polar surface area (TPSA) is 38.3 Å². The highest BCUT2D eigenvalue weighted by Gasteiger charge is 2.24. The summed E-state index contributed by atoms with van der Waals surface area (Å²) >= 11 is 3.29. The monoisotopic (exact) mass is 251 g/mol. The van der Waals surface area contributed by atoms with Gasteiger partial charge in [0.2, 0.25) is 5.91 Å². The molecule has 0 aliphatic rings. The van der Waals surface area contributed by atoms with Crippen LogP contribution in [0.25, 0.3) is 0 Å². The fourth-order valence-corrected chi connectivity index (χ4v) is 0.846. The van der Waals surface area contributed by atoms with E-state index in [1.165, 1.54) is 0 Å². The number of carbonyl (C=O) groups excluding carboxylic acids is 1. The standard InChI is InChI=1S/C9H18BrNO2/c1-5-13-6-7(2)11-8(12)9(3,4)10/h7H,5-6H2,1-4H3,(H,11,12). The van der Waals surface area contributed by atoms with Gasteiger partial charge in [-0.05, 0) is 27.7 Å². The third-order valence-corrected chi connectivity index (χ3v) is 1.85. The number of hydrogen-bond donors (Lipinski definition) is 1. The first kappa shape index (κ1) is 12.9. The van der Waals surface area contributed by atoms with Crippen molar-refractivity contribution in [2.45, 2.75) is 38.1 Å². The van der Waals surface area contributed by atoms with Crippen molar-refractivity contribution in [1.82, 2.24) is 5.32 Å². The summed E-state index contributed by atoms with van der Waals surface area (Å²) in [6, 6.07) is 0.0595. The maximum atomic E-state index is 11.4. The van der Waals surface area contributed by atoms with Gasteiger partial charge in [-0.2, -0.15) is 0 Å². The molecule has 1 atom stereocenters. The SMILES string of the molecule is CCOCC(C)NC(=O)C(C)(C)Br. The van der Waals surface area contributed by atoms with Crippen molar-refractivity contribution >= 4 is 21.8 Å². The average molecular weight is 252 g/mol. The van der Waals surface area contributed by atoms with E-state index in [9.17, 15) is 4.79 Å². The van der Waals surface area contributed by atoms with Crippen molar-refractivity contribution in [2.24, 2.45) is 0 Å². The summed E-state index contributed by atoms with van der Waals surface area (Å²) in [5.74, 6) is -0.0142. The molecule has 0 aromatic rings. The highest BCUT2D eigenvalue weighted by Crippen LogP contribution is 2.15. The molecule has 0 aromatic heterocycles. The van der Waals surface area contributed by atoms with Crippen LogP contribution in [-0.2, 0) is 9.53 Å². The molecule has 1 unspecified atom stereocenters. The molecule has 78 valence electrons. The lowest BCUT2D eigenvalue weighted by Crippen LogP contribution is -2.44. The van der Waals surface area contributed by atoms with E-state index < -0.39 is 4.32 Å². The van der Waals surface area contributed by atoms with E-state index in [1.807, 2.05) is 27.7 Å². The Kier molecular flexibility index (Phi) is 5.56. The lowest BCUT2D eigenvalue weighted by molar-refractivity contribution is -0.123. The summed E-state index contributed by atoms with van der Waals surface area (Å²) in [5.41, 5.74) is 0. The van der Waals surface area contributed by atoms with Crippen LogP contribution in [0.4, 0.5) is 0 Å². The van der Waals surface area contributed by atoms with Crippen LogP contribution < -0.4 is 5.32 Å². The summed E-state index contributed by atoms with van der Waals surface area (Å²) in [6.07, 6.45) is 0. The van der Waals surface area contributed by atoms with E-state index in [-0.39, 0.29) is 11.9 Å². The summed E-state index contributed by atoms with van der Waals surface area (Å²) in [5, 5.41) is 2.84. The number of alkyl halides is 1. The Hall–Kier alpha value is -0.0900. The Morgan fingerprint density at radius 1 is 1.62 bits per heavy atom. The second-order valence-corrected chi connectivity index (χ2v) is 5.49. The molecule has 3 nitrogen and oxygen atoms in total. The minimum absolute atomic E-state index is 0.0142. The van der Waals surface area contributed by atoms with Crippen LogP contribution in [0.3, 0.4) is 0 Å². The quantitative estimate of drug-likeness (QED) is 0.756. The van der Waals surface area contributed by atoms with E-state index in [0.717, 1.165) is 0 Å². The number of carbonyl (C=O) groups is 1. The second-order valence-electron chi connectivity index (χ2n) is 3.51. The average Bonchev–Trinajstić information content (AvgIpc) is 1.99. The first-order chi connectivity index (χ1) is 5.88. The molecule has 0 rings (SSSR count). The van der Waals surface area contributed by atoms with Gasteiger partial charge in [0.1, 0.15) is 0 Å². The van der Waals surface area contributed by atoms with Crippen molar-refractivity contribution in [1.29, 1.82) is 0 Å². The number of rotatable bonds is 5. The van der Waals surface area contributed by atoms with Gasteiger partial charge in [0, 0.05) is 12.6 Å². The first-order valence-electron chi connectivity index (χ1n) is 4.45. The molecule has 4 heteroatoms. The zero-order valence-corrected chi connectivity index (χ0v) is 10.3. The zero-order valence-electron chi connectivity index (χ0n) is 8.69. The number of amides is 1. The predicted molar refractivity (Wildman–Crippen MR) is 57.1 cm³/mol. The van der Waals surface area contributed by atoms with Gasteiger partial charge in [-0.1, -0.05) is 15.9 Å². The van der Waals surface area contributed by atoms with Crippen LogP contribution in [0.15, 0.2) is 0 Å². The second kappa shape index (κ2) is 5.60. The van der Waals surface area contributed by atoms with Crippen LogP contribution >= 0.6 is 15.9 Å². The van der Waals surface area contributed by atoms with Gasteiger partial charge in [-0.25, -0.2) is 0 Å². The molecule has 13 heavy (non-hydrogen) atoms. The number of nitrogens with one attached hydrogen (secondary N) is 1. The molecule has 0 aliphatic carbocycles. The van der Waals surface area contributed by atoms with Crippen molar-refractivity contribution in [3.05, 3.63) is 0 Å². The number of ether oxygens (including phenoxy) is 1. The van der Waals surface area contributed by atoms with Crippen LogP contribution in [0.1, 0.15) is 27.7 Å². The molecule has 0 spiro atoms. The number of hydrogen-bond acceptors (Lipinski definition) is 2. The lowest BCUT2D eigenvalue weighted by atomic mass is 10.2. The number of halogens is 1. The van der Waals surface area contributed by atoms with Gasteiger partial charge in [-0.3, -0.25) is 4.79 Å². The zero-order chi connectivity index (χ0) is 10.5. The van der Waals surface area contributed by atoms with Crippen LogP contribution in [-0.4, -0.2) is 29.5 Å². The molecule has 0 bridgehead atoms. The highest BCUT2D eigenvalue weighted by molar-refractivity contribution is 9.10. The van der Waals surface area contributed by atoms with E-state index >= 15 is 0 Å². The van der Waals surface area contributed by atoms with Gasteiger partial charge >= 0.3 is 0 Å². The van der Waals surface area contributed by atoms with Crippen LogP contribution in [0, 0.1) is 0 Å².